The van der Waals surface area contributed by atoms with E-state index >= 15 is 0 Å². The highest BCUT2D eigenvalue weighted by Crippen LogP contribution is 2.21. The normalized spacial score (nSPS) is 10.5. The summed E-state index contributed by atoms with van der Waals surface area (Å²) in [5.74, 6) is 0. The smallest absolute Gasteiger partial charge is 0.265 e. The van der Waals surface area contributed by atoms with Crippen LogP contribution in [0.4, 0.5) is 8.78 Å². The first-order valence-electron chi connectivity index (χ1n) is 3.53. The van der Waals surface area contributed by atoms with Gasteiger partial charge in [0.2, 0.25) is 0 Å². The largest absolute Gasteiger partial charge is 0.328 e. The van der Waals surface area contributed by atoms with Crippen molar-refractivity contribution in [1.82, 2.24) is 4.98 Å². The Morgan fingerprint density at radius 2 is 2.15 bits per heavy atom. The second-order valence-electron chi connectivity index (χ2n) is 2.53. The molecule has 0 aliphatic rings. The van der Waals surface area contributed by atoms with Gasteiger partial charge in [-0.2, -0.15) is 0 Å². The monoisotopic (exact) mass is 187 g/mol. The molecule has 0 aromatic carbocycles. The number of rotatable bonds is 2. The maximum absolute atomic E-state index is 12.2. The molecule has 1 aromatic heterocycles. The number of hydrogen-bond acceptors (Lipinski definition) is 2. The molecular weight excluding hydrogens is 180 g/mol. The van der Waals surface area contributed by atoms with E-state index < -0.39 is 12.0 Å². The van der Waals surface area contributed by atoms with E-state index in [-0.39, 0.29) is 23.0 Å². The number of carbonyl (C=O) groups is 1. The molecule has 70 valence electrons. The molecule has 1 aromatic rings. The van der Waals surface area contributed by atoms with Gasteiger partial charge >= 0.3 is 0 Å². The van der Waals surface area contributed by atoms with Gasteiger partial charge in [0, 0.05) is 11.8 Å². The number of aromatic nitrogens is 1. The minimum absolute atomic E-state index is 0.0359. The zero-order chi connectivity index (χ0) is 10.0. The fraction of sp³-hybridized carbons (Fsp3) is 0.250. The van der Waals surface area contributed by atoms with Crippen molar-refractivity contribution in [2.75, 3.05) is 0 Å². The van der Waals surface area contributed by atoms with E-state index in [1.165, 1.54) is 6.92 Å². The summed E-state index contributed by atoms with van der Waals surface area (Å²) in [6.45, 7) is 1.32. The van der Waals surface area contributed by atoms with Crippen LogP contribution in [0.25, 0.3) is 0 Å². The Morgan fingerprint density at radius 1 is 1.54 bits per heavy atom. The van der Waals surface area contributed by atoms with Gasteiger partial charge in [-0.1, -0.05) is 0 Å². The van der Waals surface area contributed by atoms with Gasteiger partial charge in [0.15, 0.2) is 6.29 Å². The van der Waals surface area contributed by atoms with Gasteiger partial charge in [-0.25, -0.2) is 8.78 Å². The summed E-state index contributed by atoms with van der Waals surface area (Å²) in [4.78, 5) is 23.3. The summed E-state index contributed by atoms with van der Waals surface area (Å²) in [7, 11) is 0. The first-order chi connectivity index (χ1) is 6.07. The number of hydrogen-bond donors (Lipinski definition) is 1. The Balaban J connectivity index is 3.44. The number of nitrogens with one attached hydrogen (secondary N) is 1. The Hall–Kier alpha value is -1.52. The first kappa shape index (κ1) is 9.57. The molecule has 0 bridgehead atoms. The molecule has 0 unspecified atom stereocenters. The predicted molar refractivity (Wildman–Crippen MR) is 42.1 cm³/mol. The molecule has 1 N–H and O–H groups in total. The SMILES string of the molecule is Cc1c(C(F)F)c[nH]c(=O)c1C=O. The van der Waals surface area contributed by atoms with E-state index in [0.717, 1.165) is 6.20 Å². The van der Waals surface area contributed by atoms with Crippen LogP contribution < -0.4 is 5.56 Å². The third-order valence-electron chi connectivity index (χ3n) is 1.79. The topological polar surface area (TPSA) is 49.9 Å². The lowest BCUT2D eigenvalue weighted by molar-refractivity contribution is 0.112. The molecule has 0 aliphatic heterocycles. The maximum Gasteiger partial charge on any atom is 0.265 e. The summed E-state index contributed by atoms with van der Waals surface area (Å²) in [5.41, 5.74) is -1.16. The molecule has 0 spiro atoms. The van der Waals surface area contributed by atoms with Crippen molar-refractivity contribution in [2.45, 2.75) is 13.3 Å². The number of aldehydes is 1. The molecular formula is C8H7F2NO2. The Morgan fingerprint density at radius 3 is 2.62 bits per heavy atom. The van der Waals surface area contributed by atoms with Crippen LogP contribution in [0.15, 0.2) is 11.0 Å². The molecule has 1 rings (SSSR count). The van der Waals surface area contributed by atoms with Gasteiger partial charge < -0.3 is 4.98 Å². The zero-order valence-corrected chi connectivity index (χ0v) is 6.80. The van der Waals surface area contributed by atoms with Crippen molar-refractivity contribution >= 4 is 6.29 Å². The van der Waals surface area contributed by atoms with Crippen LogP contribution in [0.3, 0.4) is 0 Å². The zero-order valence-electron chi connectivity index (χ0n) is 6.80. The van der Waals surface area contributed by atoms with Crippen LogP contribution >= 0.6 is 0 Å². The molecule has 0 fully saturated rings. The summed E-state index contributed by atoms with van der Waals surface area (Å²) < 4.78 is 24.5. The molecule has 0 atom stereocenters. The fourth-order valence-corrected chi connectivity index (χ4v) is 1.02. The van der Waals surface area contributed by atoms with Gasteiger partial charge in [0.1, 0.15) is 0 Å². The maximum atomic E-state index is 12.2. The van der Waals surface area contributed by atoms with Crippen molar-refractivity contribution in [2.24, 2.45) is 0 Å². The van der Waals surface area contributed by atoms with Gasteiger partial charge in [-0.3, -0.25) is 9.59 Å². The Labute approximate surface area is 72.4 Å². The average molecular weight is 187 g/mol. The van der Waals surface area contributed by atoms with Gasteiger partial charge in [0.05, 0.1) is 5.56 Å². The van der Waals surface area contributed by atoms with Crippen LogP contribution in [0.2, 0.25) is 0 Å². The van der Waals surface area contributed by atoms with Crippen LogP contribution in [-0.2, 0) is 0 Å². The lowest BCUT2D eigenvalue weighted by Crippen LogP contribution is -2.15. The first-order valence-corrected chi connectivity index (χ1v) is 3.53. The summed E-state index contributed by atoms with van der Waals surface area (Å²) in [6.07, 6.45) is -1.48. The van der Waals surface area contributed by atoms with E-state index in [1.807, 2.05) is 0 Å². The molecule has 0 radical (unpaired) electrons. The van der Waals surface area contributed by atoms with Gasteiger partial charge in [-0.05, 0) is 12.5 Å². The standard InChI is InChI=1S/C8H7F2NO2/c1-4-5(7(9)10)2-11-8(13)6(4)3-12/h2-3,7H,1H3,(H,11,13). The van der Waals surface area contributed by atoms with Crippen molar-refractivity contribution in [1.29, 1.82) is 0 Å². The number of H-pyrrole nitrogens is 1. The summed E-state index contributed by atoms with van der Waals surface area (Å²) >= 11 is 0. The highest BCUT2D eigenvalue weighted by atomic mass is 19.3. The number of aromatic amines is 1. The Kier molecular flexibility index (Phi) is 2.55. The molecule has 0 saturated carbocycles. The lowest BCUT2D eigenvalue weighted by atomic mass is 10.1. The van der Waals surface area contributed by atoms with E-state index in [0.29, 0.717) is 0 Å². The predicted octanol–water partition coefficient (Wildman–Crippen LogP) is 1.43. The van der Waals surface area contributed by atoms with E-state index in [9.17, 15) is 18.4 Å². The van der Waals surface area contributed by atoms with Crippen molar-refractivity contribution in [3.63, 3.8) is 0 Å². The summed E-state index contributed by atoms with van der Waals surface area (Å²) in [5, 5.41) is 0. The molecule has 0 aliphatic carbocycles. The molecule has 0 amide bonds. The molecule has 3 nitrogen and oxygen atoms in total. The van der Waals surface area contributed by atoms with Crippen LogP contribution in [0, 0.1) is 6.92 Å². The summed E-state index contributed by atoms with van der Waals surface area (Å²) in [6, 6.07) is 0. The Bertz CT molecular complexity index is 384. The number of alkyl halides is 2. The second-order valence-corrected chi connectivity index (χ2v) is 2.53. The molecule has 5 heteroatoms. The number of carbonyl (C=O) groups excluding carboxylic acids is 1. The number of pyridine rings is 1. The van der Waals surface area contributed by atoms with Crippen molar-refractivity contribution < 1.29 is 13.6 Å². The van der Waals surface area contributed by atoms with Crippen LogP contribution in [-0.4, -0.2) is 11.3 Å². The highest BCUT2D eigenvalue weighted by molar-refractivity contribution is 5.76. The average Bonchev–Trinajstić information content (AvgIpc) is 2.04. The fourth-order valence-electron chi connectivity index (χ4n) is 1.02. The van der Waals surface area contributed by atoms with Gasteiger partial charge in [0.25, 0.3) is 12.0 Å². The van der Waals surface area contributed by atoms with Crippen molar-refractivity contribution in [3.05, 3.63) is 33.2 Å². The minimum Gasteiger partial charge on any atom is -0.328 e. The van der Waals surface area contributed by atoms with Crippen LogP contribution in [0.1, 0.15) is 27.9 Å². The van der Waals surface area contributed by atoms with E-state index in [1.54, 1.807) is 0 Å². The van der Waals surface area contributed by atoms with Crippen molar-refractivity contribution in [3.8, 4) is 0 Å². The van der Waals surface area contributed by atoms with Crippen LogP contribution in [0.5, 0.6) is 0 Å². The lowest BCUT2D eigenvalue weighted by Gasteiger charge is -2.04. The van der Waals surface area contributed by atoms with E-state index in [2.05, 4.69) is 4.98 Å². The van der Waals surface area contributed by atoms with Gasteiger partial charge in [-0.15, -0.1) is 0 Å². The molecule has 0 saturated heterocycles. The number of halogens is 2. The molecule has 13 heavy (non-hydrogen) atoms. The van der Waals surface area contributed by atoms with E-state index in [4.69, 9.17) is 0 Å². The molecule has 1 heterocycles. The third kappa shape index (κ3) is 1.63. The second kappa shape index (κ2) is 3.47. The quantitative estimate of drug-likeness (QED) is 0.712. The highest BCUT2D eigenvalue weighted by Gasteiger charge is 2.14. The minimum atomic E-state index is -2.68. The third-order valence-corrected chi connectivity index (χ3v) is 1.79.